The molecule has 0 unspecified atom stereocenters. The SMILES string of the molecule is C=N\C=C/C=C(C)/C=C/CC(N)=O. The van der Waals surface area contributed by atoms with Crippen LogP contribution in [0.3, 0.4) is 0 Å². The van der Waals surface area contributed by atoms with Crippen molar-refractivity contribution in [1.29, 1.82) is 0 Å². The minimum atomic E-state index is -0.327. The molecule has 0 spiro atoms. The summed E-state index contributed by atoms with van der Waals surface area (Å²) in [5, 5.41) is 0. The zero-order valence-corrected chi connectivity index (χ0v) is 7.73. The van der Waals surface area contributed by atoms with Crippen molar-refractivity contribution >= 4 is 12.6 Å². The van der Waals surface area contributed by atoms with Crippen LogP contribution in [0.4, 0.5) is 0 Å². The Balaban J connectivity index is 3.97. The molecule has 0 radical (unpaired) electrons. The van der Waals surface area contributed by atoms with Gasteiger partial charge in [-0.3, -0.25) is 9.79 Å². The Kier molecular flexibility index (Phi) is 6.15. The molecule has 0 atom stereocenters. The Hall–Kier alpha value is -1.64. The van der Waals surface area contributed by atoms with Crippen LogP contribution in [0, 0.1) is 0 Å². The predicted octanol–water partition coefficient (Wildman–Crippen LogP) is 1.58. The average molecular weight is 178 g/mol. The largest absolute Gasteiger partial charge is 0.369 e. The van der Waals surface area contributed by atoms with Crippen LogP contribution in [0.5, 0.6) is 0 Å². The minimum Gasteiger partial charge on any atom is -0.369 e. The monoisotopic (exact) mass is 178 g/mol. The quantitative estimate of drug-likeness (QED) is 0.504. The molecule has 1 amide bonds. The Morgan fingerprint density at radius 1 is 1.62 bits per heavy atom. The first-order chi connectivity index (χ1) is 6.16. The highest BCUT2D eigenvalue weighted by molar-refractivity contribution is 5.75. The molecule has 3 heteroatoms. The number of rotatable bonds is 5. The van der Waals surface area contributed by atoms with Gasteiger partial charge in [0.1, 0.15) is 0 Å². The van der Waals surface area contributed by atoms with E-state index in [0.717, 1.165) is 5.57 Å². The smallest absolute Gasteiger partial charge is 0.221 e. The lowest BCUT2D eigenvalue weighted by Gasteiger charge is -1.87. The molecule has 0 aromatic rings. The molecular weight excluding hydrogens is 164 g/mol. The topological polar surface area (TPSA) is 55.4 Å². The van der Waals surface area contributed by atoms with Gasteiger partial charge in [0, 0.05) is 12.6 Å². The molecule has 0 fully saturated rings. The van der Waals surface area contributed by atoms with Gasteiger partial charge in [-0.2, -0.15) is 0 Å². The third-order valence-electron chi connectivity index (χ3n) is 1.25. The zero-order chi connectivity index (χ0) is 10.1. The number of allylic oxidation sites excluding steroid dienone is 4. The number of hydrogen-bond acceptors (Lipinski definition) is 2. The first-order valence-corrected chi connectivity index (χ1v) is 3.91. The number of primary amides is 1. The lowest BCUT2D eigenvalue weighted by atomic mass is 10.2. The summed E-state index contributed by atoms with van der Waals surface area (Å²) in [5.41, 5.74) is 5.98. The molecule has 0 heterocycles. The summed E-state index contributed by atoms with van der Waals surface area (Å²) in [4.78, 5) is 13.9. The minimum absolute atomic E-state index is 0.272. The maximum absolute atomic E-state index is 10.4. The predicted molar refractivity (Wildman–Crippen MR) is 55.4 cm³/mol. The second kappa shape index (κ2) is 7.03. The molecule has 3 nitrogen and oxygen atoms in total. The standard InChI is InChI=1S/C10H14N2O/c1-9(6-4-8-12-2)5-3-7-10(11)13/h3-6,8H,2,7H2,1H3,(H2,11,13)/b5-3+,8-4-,9-6+. The van der Waals surface area contributed by atoms with E-state index in [0.29, 0.717) is 0 Å². The fourth-order valence-electron chi connectivity index (χ4n) is 0.672. The highest BCUT2D eigenvalue weighted by Crippen LogP contribution is 1.96. The van der Waals surface area contributed by atoms with E-state index in [9.17, 15) is 4.79 Å². The zero-order valence-electron chi connectivity index (χ0n) is 7.73. The van der Waals surface area contributed by atoms with Gasteiger partial charge < -0.3 is 5.73 Å². The number of aliphatic imine (C=N–C) groups is 1. The average Bonchev–Trinajstić information content (AvgIpc) is 2.04. The number of hydrogen-bond donors (Lipinski definition) is 1. The second-order valence-corrected chi connectivity index (χ2v) is 2.51. The van der Waals surface area contributed by atoms with E-state index in [1.54, 1.807) is 18.4 Å². The molecule has 0 rings (SSSR count). The Bertz CT molecular complexity index is 262. The Morgan fingerprint density at radius 2 is 2.31 bits per heavy atom. The van der Waals surface area contributed by atoms with Gasteiger partial charge in [-0.15, -0.1) is 0 Å². The summed E-state index contributed by atoms with van der Waals surface area (Å²) in [6, 6.07) is 0. The van der Waals surface area contributed by atoms with Gasteiger partial charge >= 0.3 is 0 Å². The normalized spacial score (nSPS) is 12.5. The van der Waals surface area contributed by atoms with Crippen LogP contribution < -0.4 is 5.73 Å². The third kappa shape index (κ3) is 8.26. The number of amides is 1. The molecule has 0 saturated carbocycles. The number of carbonyl (C=O) groups excluding carboxylic acids is 1. The summed E-state index contributed by atoms with van der Waals surface area (Å²) in [7, 11) is 0. The lowest BCUT2D eigenvalue weighted by Crippen LogP contribution is -2.07. The van der Waals surface area contributed by atoms with E-state index >= 15 is 0 Å². The molecule has 0 aliphatic rings. The van der Waals surface area contributed by atoms with Crippen molar-refractivity contribution in [2.45, 2.75) is 13.3 Å². The van der Waals surface area contributed by atoms with Gasteiger partial charge in [0.15, 0.2) is 0 Å². The summed E-state index contributed by atoms with van der Waals surface area (Å²) >= 11 is 0. The summed E-state index contributed by atoms with van der Waals surface area (Å²) < 4.78 is 0. The van der Waals surface area contributed by atoms with Crippen LogP contribution in [-0.2, 0) is 4.79 Å². The third-order valence-corrected chi connectivity index (χ3v) is 1.25. The Morgan fingerprint density at radius 3 is 2.85 bits per heavy atom. The first kappa shape index (κ1) is 11.4. The van der Waals surface area contributed by atoms with Crippen LogP contribution in [0.1, 0.15) is 13.3 Å². The number of carbonyl (C=O) groups is 1. The summed E-state index contributed by atoms with van der Waals surface area (Å²) in [6.45, 7) is 5.22. The van der Waals surface area contributed by atoms with E-state index in [1.807, 2.05) is 19.1 Å². The van der Waals surface area contributed by atoms with Crippen LogP contribution >= 0.6 is 0 Å². The van der Waals surface area contributed by atoms with Gasteiger partial charge in [0.2, 0.25) is 5.91 Å². The van der Waals surface area contributed by atoms with Gasteiger partial charge in [-0.1, -0.05) is 23.8 Å². The van der Waals surface area contributed by atoms with E-state index in [2.05, 4.69) is 11.7 Å². The van der Waals surface area contributed by atoms with Gasteiger partial charge in [0.05, 0.1) is 0 Å². The van der Waals surface area contributed by atoms with Crippen LogP contribution in [-0.4, -0.2) is 12.6 Å². The van der Waals surface area contributed by atoms with Crippen molar-refractivity contribution in [1.82, 2.24) is 0 Å². The highest BCUT2D eigenvalue weighted by atomic mass is 16.1. The first-order valence-electron chi connectivity index (χ1n) is 3.91. The molecule has 0 bridgehead atoms. The fourth-order valence-corrected chi connectivity index (χ4v) is 0.672. The van der Waals surface area contributed by atoms with Crippen molar-refractivity contribution in [2.75, 3.05) is 0 Å². The lowest BCUT2D eigenvalue weighted by molar-refractivity contribution is -0.117. The van der Waals surface area contributed by atoms with Gasteiger partial charge in [-0.25, -0.2) is 0 Å². The van der Waals surface area contributed by atoms with Crippen molar-refractivity contribution < 1.29 is 4.79 Å². The Labute approximate surface area is 78.4 Å². The maximum atomic E-state index is 10.4. The maximum Gasteiger partial charge on any atom is 0.221 e. The van der Waals surface area contributed by atoms with Crippen molar-refractivity contribution in [3.05, 3.63) is 36.1 Å². The van der Waals surface area contributed by atoms with Crippen molar-refractivity contribution in [3.8, 4) is 0 Å². The molecular formula is C10H14N2O. The van der Waals surface area contributed by atoms with Gasteiger partial charge in [-0.05, 0) is 19.7 Å². The molecule has 0 aliphatic carbocycles. The summed E-state index contributed by atoms with van der Waals surface area (Å²) in [6.07, 6.45) is 9.06. The molecule has 70 valence electrons. The van der Waals surface area contributed by atoms with Gasteiger partial charge in [0.25, 0.3) is 0 Å². The van der Waals surface area contributed by atoms with E-state index in [4.69, 9.17) is 5.73 Å². The molecule has 13 heavy (non-hydrogen) atoms. The fraction of sp³-hybridized carbons (Fsp3) is 0.200. The van der Waals surface area contributed by atoms with E-state index < -0.39 is 0 Å². The molecule has 0 aromatic carbocycles. The van der Waals surface area contributed by atoms with Crippen LogP contribution in [0.2, 0.25) is 0 Å². The second-order valence-electron chi connectivity index (χ2n) is 2.51. The molecule has 0 aromatic heterocycles. The highest BCUT2D eigenvalue weighted by Gasteiger charge is 1.85. The number of nitrogens with zero attached hydrogens (tertiary/aromatic N) is 1. The molecule has 0 aliphatic heterocycles. The van der Waals surface area contributed by atoms with Crippen LogP contribution in [0.15, 0.2) is 41.1 Å². The van der Waals surface area contributed by atoms with Crippen molar-refractivity contribution in [2.24, 2.45) is 10.7 Å². The molecule has 0 saturated heterocycles. The van der Waals surface area contributed by atoms with E-state index in [-0.39, 0.29) is 12.3 Å². The van der Waals surface area contributed by atoms with Crippen LogP contribution in [0.25, 0.3) is 0 Å². The molecule has 2 N–H and O–H groups in total. The summed E-state index contributed by atoms with van der Waals surface area (Å²) in [5.74, 6) is -0.327. The van der Waals surface area contributed by atoms with Crippen molar-refractivity contribution in [3.63, 3.8) is 0 Å². The van der Waals surface area contributed by atoms with E-state index in [1.165, 1.54) is 0 Å². The number of nitrogens with two attached hydrogens (primary N) is 1.